The molecule has 0 atom stereocenters. The molecule has 3 rings (SSSR count). The quantitative estimate of drug-likeness (QED) is 0.484. The van der Waals surface area contributed by atoms with E-state index in [2.05, 4.69) is 31.5 Å². The third kappa shape index (κ3) is 5.37. The van der Waals surface area contributed by atoms with Crippen LogP contribution in [-0.4, -0.2) is 42.0 Å². The standard InChI is InChI=1S/C20H23BrN4O4S/c1-25(2)12-7-8-14(13(9-12)17(28)11-5-3-4-6-11)22-19(29)24-20-23-15(10-16(26)27)18(21)30-20/h7-9,11H,3-6,10H2,1-2H3,(H,26,27)(H2,22,23,24,29). The molecule has 0 saturated heterocycles. The van der Waals surface area contributed by atoms with E-state index in [1.807, 2.05) is 25.1 Å². The van der Waals surface area contributed by atoms with Gasteiger partial charge in [-0.2, -0.15) is 0 Å². The average Bonchev–Trinajstić information content (AvgIpc) is 3.31. The summed E-state index contributed by atoms with van der Waals surface area (Å²) >= 11 is 4.39. The fourth-order valence-corrected chi connectivity index (χ4v) is 4.81. The van der Waals surface area contributed by atoms with Crippen molar-refractivity contribution in [2.24, 2.45) is 5.92 Å². The molecule has 1 aliphatic carbocycles. The largest absolute Gasteiger partial charge is 0.481 e. The van der Waals surface area contributed by atoms with Crippen LogP contribution in [0, 0.1) is 5.92 Å². The van der Waals surface area contributed by atoms with Gasteiger partial charge in [0.15, 0.2) is 10.9 Å². The Bertz CT molecular complexity index is 970. The molecule has 1 saturated carbocycles. The second-order valence-corrected chi connectivity index (χ2v) is 9.68. The number of ketones is 1. The van der Waals surface area contributed by atoms with E-state index >= 15 is 0 Å². The summed E-state index contributed by atoms with van der Waals surface area (Å²) in [4.78, 5) is 42.5. The predicted octanol–water partition coefficient (Wildman–Crippen LogP) is 4.62. The van der Waals surface area contributed by atoms with E-state index in [9.17, 15) is 14.4 Å². The normalized spacial score (nSPS) is 13.8. The Balaban J connectivity index is 1.78. The Morgan fingerprint density at radius 3 is 2.57 bits per heavy atom. The van der Waals surface area contributed by atoms with Crippen molar-refractivity contribution in [3.8, 4) is 0 Å². The van der Waals surface area contributed by atoms with Gasteiger partial charge in [0.1, 0.15) is 0 Å². The summed E-state index contributed by atoms with van der Waals surface area (Å²) in [6.45, 7) is 0. The number of nitrogens with one attached hydrogen (secondary N) is 2. The molecule has 0 aliphatic heterocycles. The van der Waals surface area contributed by atoms with Gasteiger partial charge in [0, 0.05) is 31.3 Å². The first-order valence-electron chi connectivity index (χ1n) is 9.55. The van der Waals surface area contributed by atoms with Gasteiger partial charge in [0.25, 0.3) is 0 Å². The maximum atomic E-state index is 13.1. The van der Waals surface area contributed by atoms with E-state index in [0.29, 0.717) is 20.7 Å². The van der Waals surface area contributed by atoms with Crippen LogP contribution >= 0.6 is 27.3 Å². The van der Waals surface area contributed by atoms with Gasteiger partial charge in [0.2, 0.25) is 0 Å². The molecule has 1 aromatic heterocycles. The van der Waals surface area contributed by atoms with E-state index in [1.54, 1.807) is 12.1 Å². The van der Waals surface area contributed by atoms with Crippen molar-refractivity contribution in [3.63, 3.8) is 0 Å². The number of anilines is 3. The SMILES string of the molecule is CN(C)c1ccc(NC(=O)Nc2nc(CC(=O)O)c(Br)s2)c(C(=O)C2CCCC2)c1. The second kappa shape index (κ2) is 9.57. The highest BCUT2D eigenvalue weighted by Gasteiger charge is 2.26. The first-order chi connectivity index (χ1) is 14.2. The average molecular weight is 495 g/mol. The zero-order valence-corrected chi connectivity index (χ0v) is 19.1. The fraction of sp³-hybridized carbons (Fsp3) is 0.400. The molecule has 30 heavy (non-hydrogen) atoms. The van der Waals surface area contributed by atoms with Gasteiger partial charge in [-0.05, 0) is 47.0 Å². The number of halogens is 1. The number of hydrogen-bond donors (Lipinski definition) is 3. The van der Waals surface area contributed by atoms with Gasteiger partial charge >= 0.3 is 12.0 Å². The highest BCUT2D eigenvalue weighted by Crippen LogP contribution is 2.33. The minimum Gasteiger partial charge on any atom is -0.481 e. The Kier molecular flexibility index (Phi) is 7.09. The fourth-order valence-electron chi connectivity index (χ4n) is 3.42. The van der Waals surface area contributed by atoms with Crippen LogP contribution in [0.4, 0.5) is 21.3 Å². The van der Waals surface area contributed by atoms with Crippen molar-refractivity contribution in [2.45, 2.75) is 32.1 Å². The monoisotopic (exact) mass is 494 g/mol. The summed E-state index contributed by atoms with van der Waals surface area (Å²) < 4.78 is 0.549. The number of carboxylic acid groups (broad SMARTS) is 1. The van der Waals surface area contributed by atoms with Crippen molar-refractivity contribution in [3.05, 3.63) is 33.2 Å². The van der Waals surface area contributed by atoms with Crippen LogP contribution < -0.4 is 15.5 Å². The number of urea groups is 1. The summed E-state index contributed by atoms with van der Waals surface area (Å²) in [6.07, 6.45) is 3.59. The predicted molar refractivity (Wildman–Crippen MR) is 121 cm³/mol. The van der Waals surface area contributed by atoms with E-state index < -0.39 is 12.0 Å². The number of aliphatic carboxylic acids is 1. The highest BCUT2D eigenvalue weighted by atomic mass is 79.9. The van der Waals surface area contributed by atoms with Crippen LogP contribution in [-0.2, 0) is 11.2 Å². The molecule has 2 amide bonds. The first-order valence-corrected chi connectivity index (χ1v) is 11.2. The lowest BCUT2D eigenvalue weighted by Gasteiger charge is -2.18. The lowest BCUT2D eigenvalue weighted by Crippen LogP contribution is -2.22. The maximum Gasteiger partial charge on any atom is 0.325 e. The molecule has 1 aromatic carbocycles. The van der Waals surface area contributed by atoms with E-state index in [1.165, 1.54) is 0 Å². The van der Waals surface area contributed by atoms with Crippen LogP contribution in [0.3, 0.4) is 0 Å². The molecular weight excluding hydrogens is 472 g/mol. The summed E-state index contributed by atoms with van der Waals surface area (Å²) in [7, 11) is 3.79. The number of benzene rings is 1. The number of aromatic nitrogens is 1. The van der Waals surface area contributed by atoms with Crippen molar-refractivity contribution in [2.75, 3.05) is 29.6 Å². The number of rotatable bonds is 7. The second-order valence-electron chi connectivity index (χ2n) is 7.36. The zero-order valence-electron chi connectivity index (χ0n) is 16.7. The molecule has 0 radical (unpaired) electrons. The number of amides is 2. The molecule has 8 nitrogen and oxygen atoms in total. The van der Waals surface area contributed by atoms with Gasteiger partial charge < -0.3 is 15.3 Å². The Morgan fingerprint density at radius 2 is 1.93 bits per heavy atom. The molecule has 10 heteroatoms. The van der Waals surface area contributed by atoms with E-state index in [0.717, 1.165) is 42.7 Å². The third-order valence-electron chi connectivity index (χ3n) is 4.95. The minimum atomic E-state index is -1.01. The van der Waals surface area contributed by atoms with Crippen molar-refractivity contribution >= 4 is 61.6 Å². The van der Waals surface area contributed by atoms with E-state index in [-0.39, 0.29) is 23.3 Å². The van der Waals surface area contributed by atoms with Crippen molar-refractivity contribution < 1.29 is 19.5 Å². The van der Waals surface area contributed by atoms with Gasteiger partial charge in [-0.3, -0.25) is 14.9 Å². The summed E-state index contributed by atoms with van der Waals surface area (Å²) in [6, 6.07) is 4.83. The lowest BCUT2D eigenvalue weighted by molar-refractivity contribution is -0.136. The first kappa shape index (κ1) is 22.2. The molecule has 1 fully saturated rings. The molecule has 0 unspecified atom stereocenters. The van der Waals surface area contributed by atoms with E-state index in [4.69, 9.17) is 5.11 Å². The number of Topliss-reactive ketones (excluding diaryl/α,β-unsaturated/α-hetero) is 1. The summed E-state index contributed by atoms with van der Waals surface area (Å²) in [5, 5.41) is 14.5. The molecule has 3 N–H and O–H groups in total. The molecule has 1 aliphatic rings. The smallest absolute Gasteiger partial charge is 0.325 e. The van der Waals surface area contributed by atoms with Crippen LogP contribution in [0.5, 0.6) is 0 Å². The van der Waals surface area contributed by atoms with Crippen molar-refractivity contribution in [1.29, 1.82) is 0 Å². The van der Waals surface area contributed by atoms with Crippen LogP contribution in [0.1, 0.15) is 41.7 Å². The number of carbonyl (C=O) groups excluding carboxylic acids is 2. The van der Waals surface area contributed by atoms with Gasteiger partial charge in [-0.25, -0.2) is 9.78 Å². The number of hydrogen-bond acceptors (Lipinski definition) is 6. The van der Waals surface area contributed by atoms with Gasteiger partial charge in [-0.15, -0.1) is 0 Å². The molecule has 160 valence electrons. The van der Waals surface area contributed by atoms with Gasteiger partial charge in [-0.1, -0.05) is 24.2 Å². The molecule has 0 bridgehead atoms. The zero-order chi connectivity index (χ0) is 21.8. The van der Waals surface area contributed by atoms with Crippen LogP contribution in [0.25, 0.3) is 0 Å². The number of carboxylic acids is 1. The number of carbonyl (C=O) groups is 3. The van der Waals surface area contributed by atoms with Gasteiger partial charge in [0.05, 0.1) is 21.6 Å². The maximum absolute atomic E-state index is 13.1. The minimum absolute atomic E-state index is 0.0143. The highest BCUT2D eigenvalue weighted by molar-refractivity contribution is 9.11. The third-order valence-corrected chi connectivity index (χ3v) is 6.69. The summed E-state index contributed by atoms with van der Waals surface area (Å²) in [5.41, 5.74) is 2.16. The molecule has 1 heterocycles. The summed E-state index contributed by atoms with van der Waals surface area (Å²) in [5.74, 6) is -0.972. The lowest BCUT2D eigenvalue weighted by atomic mass is 9.94. The Labute approximate surface area is 186 Å². The Hall–Kier alpha value is -2.46. The molecule has 0 spiro atoms. The topological polar surface area (TPSA) is 112 Å². The molecule has 2 aromatic rings. The number of nitrogens with zero attached hydrogens (tertiary/aromatic N) is 2. The number of thiazole rings is 1. The van der Waals surface area contributed by atoms with Crippen molar-refractivity contribution in [1.82, 2.24) is 4.98 Å². The molecular formula is C20H23BrN4O4S. The van der Waals surface area contributed by atoms with Crippen LogP contribution in [0.15, 0.2) is 22.0 Å². The Morgan fingerprint density at radius 1 is 1.23 bits per heavy atom. The van der Waals surface area contributed by atoms with Crippen LogP contribution in [0.2, 0.25) is 0 Å².